The highest BCUT2D eigenvalue weighted by molar-refractivity contribution is 6.09. The quantitative estimate of drug-likeness (QED) is 0.853. The van der Waals surface area contributed by atoms with Crippen LogP contribution in [0.3, 0.4) is 0 Å². The predicted octanol–water partition coefficient (Wildman–Crippen LogP) is 3.38. The average Bonchev–Trinajstić information content (AvgIpc) is 2.54. The van der Waals surface area contributed by atoms with Gasteiger partial charge in [-0.15, -0.1) is 0 Å². The molecule has 1 amide bonds. The lowest BCUT2D eigenvalue weighted by Crippen LogP contribution is -2.38. The topological polar surface area (TPSA) is 46.6 Å². The zero-order valence-corrected chi connectivity index (χ0v) is 12.6. The monoisotopic (exact) mass is 295 g/mol. The molecule has 22 heavy (non-hydrogen) atoms. The Hall–Kier alpha value is -2.62. The molecule has 112 valence electrons. The van der Waals surface area contributed by atoms with E-state index in [1.54, 1.807) is 18.1 Å². The molecule has 0 aliphatic carbocycles. The maximum Gasteiger partial charge on any atom is 0.224 e. The number of fused-ring (bicyclic) bond motifs is 1. The summed E-state index contributed by atoms with van der Waals surface area (Å²) in [5.74, 6) is 0.746. The Bertz CT molecular complexity index is 721. The molecule has 0 bridgehead atoms. The second kappa shape index (κ2) is 5.64. The van der Waals surface area contributed by atoms with E-state index in [9.17, 15) is 9.59 Å². The van der Waals surface area contributed by atoms with Gasteiger partial charge < -0.3 is 9.64 Å². The summed E-state index contributed by atoms with van der Waals surface area (Å²) in [5, 5.41) is 0. The number of para-hydroxylation sites is 1. The molecule has 0 saturated heterocycles. The van der Waals surface area contributed by atoms with Gasteiger partial charge in [-0.2, -0.15) is 0 Å². The van der Waals surface area contributed by atoms with Gasteiger partial charge in [0.05, 0.1) is 18.8 Å². The first kappa shape index (κ1) is 14.3. The molecule has 0 radical (unpaired) electrons. The van der Waals surface area contributed by atoms with Crippen molar-refractivity contribution in [1.29, 1.82) is 0 Å². The molecule has 0 unspecified atom stereocenters. The number of ketones is 1. The lowest BCUT2D eigenvalue weighted by molar-refractivity contribution is -0.117. The van der Waals surface area contributed by atoms with Crippen LogP contribution in [-0.2, 0) is 4.79 Å². The number of ether oxygens (including phenoxy) is 1. The van der Waals surface area contributed by atoms with Gasteiger partial charge >= 0.3 is 0 Å². The smallest absolute Gasteiger partial charge is 0.224 e. The summed E-state index contributed by atoms with van der Waals surface area (Å²) >= 11 is 0. The summed E-state index contributed by atoms with van der Waals surface area (Å²) < 4.78 is 5.16. The standard InChI is InChI=1S/C18H17NO3/c1-12(20)19-16-6-4-3-5-15(16)18(21)11-17(19)13-7-9-14(22-2)10-8-13/h3-10,17H,11H2,1-2H3/t17-/m1/s1. The number of methoxy groups -OCH3 is 1. The number of anilines is 1. The van der Waals surface area contributed by atoms with Gasteiger partial charge in [-0.3, -0.25) is 9.59 Å². The van der Waals surface area contributed by atoms with Crippen LogP contribution in [0.15, 0.2) is 48.5 Å². The number of carbonyl (C=O) groups excluding carboxylic acids is 2. The minimum Gasteiger partial charge on any atom is -0.497 e. The van der Waals surface area contributed by atoms with Crippen molar-refractivity contribution in [2.75, 3.05) is 12.0 Å². The van der Waals surface area contributed by atoms with Crippen LogP contribution in [0, 0.1) is 0 Å². The lowest BCUT2D eigenvalue weighted by Gasteiger charge is -2.36. The van der Waals surface area contributed by atoms with Crippen molar-refractivity contribution in [3.05, 3.63) is 59.7 Å². The molecule has 4 nitrogen and oxygen atoms in total. The highest BCUT2D eigenvalue weighted by Gasteiger charge is 2.34. The number of carbonyl (C=O) groups is 2. The van der Waals surface area contributed by atoms with E-state index >= 15 is 0 Å². The fraction of sp³-hybridized carbons (Fsp3) is 0.222. The van der Waals surface area contributed by atoms with Crippen LogP contribution in [0.25, 0.3) is 0 Å². The minimum atomic E-state index is -0.272. The number of nitrogens with zero attached hydrogens (tertiary/aromatic N) is 1. The Morgan fingerprint density at radius 1 is 1.14 bits per heavy atom. The van der Waals surface area contributed by atoms with Gasteiger partial charge in [0, 0.05) is 18.9 Å². The van der Waals surface area contributed by atoms with Crippen molar-refractivity contribution in [2.45, 2.75) is 19.4 Å². The molecular formula is C18H17NO3. The van der Waals surface area contributed by atoms with E-state index < -0.39 is 0 Å². The molecule has 0 fully saturated rings. The van der Waals surface area contributed by atoms with E-state index in [1.165, 1.54) is 6.92 Å². The van der Waals surface area contributed by atoms with Gasteiger partial charge in [0.1, 0.15) is 5.75 Å². The first-order valence-electron chi connectivity index (χ1n) is 7.18. The lowest BCUT2D eigenvalue weighted by atomic mass is 9.90. The van der Waals surface area contributed by atoms with Gasteiger partial charge in [-0.05, 0) is 29.8 Å². The van der Waals surface area contributed by atoms with Crippen LogP contribution in [-0.4, -0.2) is 18.8 Å². The van der Waals surface area contributed by atoms with E-state index in [0.29, 0.717) is 17.7 Å². The van der Waals surface area contributed by atoms with Crippen molar-refractivity contribution < 1.29 is 14.3 Å². The summed E-state index contributed by atoms with van der Waals surface area (Å²) in [6, 6.07) is 14.5. The molecule has 0 saturated carbocycles. The molecule has 0 N–H and O–H groups in total. The normalized spacial score (nSPS) is 17.1. The van der Waals surface area contributed by atoms with Crippen LogP contribution < -0.4 is 9.64 Å². The molecule has 1 atom stereocenters. The molecule has 2 aromatic carbocycles. The number of benzene rings is 2. The fourth-order valence-electron chi connectivity index (χ4n) is 2.95. The summed E-state index contributed by atoms with van der Waals surface area (Å²) in [6.45, 7) is 1.53. The first-order valence-corrected chi connectivity index (χ1v) is 7.18. The van der Waals surface area contributed by atoms with E-state index in [-0.39, 0.29) is 17.7 Å². The van der Waals surface area contributed by atoms with Crippen LogP contribution in [0.5, 0.6) is 5.75 Å². The van der Waals surface area contributed by atoms with Crippen LogP contribution in [0.1, 0.15) is 35.3 Å². The zero-order chi connectivity index (χ0) is 15.7. The SMILES string of the molecule is COc1ccc([C@H]2CC(=O)c3ccccc3N2C(C)=O)cc1. The van der Waals surface area contributed by atoms with E-state index in [0.717, 1.165) is 11.3 Å². The van der Waals surface area contributed by atoms with Crippen LogP contribution in [0.2, 0.25) is 0 Å². The summed E-state index contributed by atoms with van der Waals surface area (Å²) in [6.07, 6.45) is 0.295. The Morgan fingerprint density at radius 2 is 1.82 bits per heavy atom. The van der Waals surface area contributed by atoms with Gasteiger partial charge in [0.2, 0.25) is 5.91 Å². The molecule has 0 aromatic heterocycles. The number of amides is 1. The molecule has 1 heterocycles. The number of Topliss-reactive ketones (excluding diaryl/α,β-unsaturated/α-hetero) is 1. The number of rotatable bonds is 2. The maximum absolute atomic E-state index is 12.4. The van der Waals surface area contributed by atoms with E-state index in [2.05, 4.69) is 0 Å². The Morgan fingerprint density at radius 3 is 2.45 bits per heavy atom. The van der Waals surface area contributed by atoms with Crippen molar-refractivity contribution >= 4 is 17.4 Å². The first-order chi connectivity index (χ1) is 10.6. The molecule has 0 spiro atoms. The Kier molecular flexibility index (Phi) is 3.67. The van der Waals surface area contributed by atoms with E-state index in [4.69, 9.17) is 4.74 Å². The van der Waals surface area contributed by atoms with Gasteiger partial charge in [0.25, 0.3) is 0 Å². The van der Waals surface area contributed by atoms with Gasteiger partial charge in [-0.1, -0.05) is 24.3 Å². The molecule has 4 heteroatoms. The van der Waals surface area contributed by atoms with Crippen molar-refractivity contribution in [1.82, 2.24) is 0 Å². The van der Waals surface area contributed by atoms with E-state index in [1.807, 2.05) is 42.5 Å². The maximum atomic E-state index is 12.4. The Labute approximate surface area is 129 Å². The summed E-state index contributed by atoms with van der Waals surface area (Å²) in [5.41, 5.74) is 2.23. The second-order valence-electron chi connectivity index (χ2n) is 5.32. The Balaban J connectivity index is 2.07. The second-order valence-corrected chi connectivity index (χ2v) is 5.32. The highest BCUT2D eigenvalue weighted by Crippen LogP contribution is 2.38. The number of hydrogen-bond acceptors (Lipinski definition) is 3. The molecule has 3 rings (SSSR count). The molecule has 1 aliphatic rings. The van der Waals surface area contributed by atoms with Gasteiger partial charge in [-0.25, -0.2) is 0 Å². The zero-order valence-electron chi connectivity index (χ0n) is 12.6. The minimum absolute atomic E-state index is 0.0638. The summed E-state index contributed by atoms with van der Waals surface area (Å²) in [7, 11) is 1.61. The molecule has 2 aromatic rings. The number of hydrogen-bond donors (Lipinski definition) is 0. The third-order valence-corrected chi connectivity index (χ3v) is 3.99. The average molecular weight is 295 g/mol. The predicted molar refractivity (Wildman–Crippen MR) is 84.3 cm³/mol. The summed E-state index contributed by atoms with van der Waals surface area (Å²) in [4.78, 5) is 26.3. The van der Waals surface area contributed by atoms with Crippen molar-refractivity contribution in [3.63, 3.8) is 0 Å². The van der Waals surface area contributed by atoms with Gasteiger partial charge in [0.15, 0.2) is 5.78 Å². The highest BCUT2D eigenvalue weighted by atomic mass is 16.5. The van der Waals surface area contributed by atoms with Crippen molar-refractivity contribution in [2.24, 2.45) is 0 Å². The molecular weight excluding hydrogens is 278 g/mol. The third-order valence-electron chi connectivity index (χ3n) is 3.99. The third kappa shape index (κ3) is 2.37. The van der Waals surface area contributed by atoms with Crippen LogP contribution >= 0.6 is 0 Å². The van der Waals surface area contributed by atoms with Crippen molar-refractivity contribution in [3.8, 4) is 5.75 Å². The largest absolute Gasteiger partial charge is 0.497 e. The molecule has 1 aliphatic heterocycles. The van der Waals surface area contributed by atoms with Crippen LogP contribution in [0.4, 0.5) is 5.69 Å². The fourth-order valence-corrected chi connectivity index (χ4v) is 2.95.